The van der Waals surface area contributed by atoms with Gasteiger partial charge in [0.05, 0.1) is 6.10 Å². The molecule has 1 aromatic rings. The van der Waals surface area contributed by atoms with E-state index in [0.29, 0.717) is 12.2 Å². The Labute approximate surface area is 87.5 Å². The molecule has 1 aromatic carbocycles. The third kappa shape index (κ3) is 2.26. The molecule has 1 atom stereocenters. The van der Waals surface area contributed by atoms with Gasteiger partial charge in [-0.25, -0.2) is 8.78 Å². The number of benzene rings is 1. The maximum absolute atomic E-state index is 13.0. The Hall–Kier alpha value is -1.16. The van der Waals surface area contributed by atoms with Gasteiger partial charge in [-0.3, -0.25) is 0 Å². The van der Waals surface area contributed by atoms with Crippen LogP contribution in [0.4, 0.5) is 14.5 Å². The number of nitrogens with zero attached hydrogens (tertiary/aromatic N) is 1. The molecule has 0 aromatic heterocycles. The number of hydrogen-bond acceptors (Lipinski definition) is 2. The predicted octanol–water partition coefficient (Wildman–Crippen LogP) is 2.19. The molecule has 82 valence electrons. The van der Waals surface area contributed by atoms with Crippen LogP contribution in [0, 0.1) is 11.6 Å². The summed E-state index contributed by atoms with van der Waals surface area (Å²) in [4.78, 5) is 1.93. The number of methoxy groups -OCH3 is 1. The number of rotatable bonds is 2. The van der Waals surface area contributed by atoms with Crippen molar-refractivity contribution in [3.8, 4) is 0 Å². The summed E-state index contributed by atoms with van der Waals surface area (Å²) in [6.07, 6.45) is 1.06. The van der Waals surface area contributed by atoms with Crippen molar-refractivity contribution in [1.29, 1.82) is 0 Å². The SMILES string of the molecule is COC1CCN(c2cc(F)cc(F)c2)C1. The molecule has 1 aliphatic rings. The molecule has 1 fully saturated rings. The Morgan fingerprint density at radius 1 is 1.27 bits per heavy atom. The summed E-state index contributed by atoms with van der Waals surface area (Å²) < 4.78 is 31.1. The Bertz CT molecular complexity index is 336. The van der Waals surface area contributed by atoms with Crippen molar-refractivity contribution in [2.24, 2.45) is 0 Å². The van der Waals surface area contributed by atoms with Crippen LogP contribution in [0.15, 0.2) is 18.2 Å². The Balaban J connectivity index is 2.16. The quantitative estimate of drug-likeness (QED) is 0.746. The fraction of sp³-hybridized carbons (Fsp3) is 0.455. The molecule has 0 radical (unpaired) electrons. The van der Waals surface area contributed by atoms with E-state index in [1.807, 2.05) is 4.90 Å². The van der Waals surface area contributed by atoms with Crippen LogP contribution in [-0.4, -0.2) is 26.3 Å². The number of ether oxygens (including phenoxy) is 1. The van der Waals surface area contributed by atoms with Crippen LogP contribution < -0.4 is 4.90 Å². The molecule has 0 N–H and O–H groups in total. The van der Waals surface area contributed by atoms with Crippen LogP contribution in [0.1, 0.15) is 6.42 Å². The van der Waals surface area contributed by atoms with E-state index in [-0.39, 0.29) is 6.10 Å². The molecule has 0 spiro atoms. The summed E-state index contributed by atoms with van der Waals surface area (Å²) in [5.74, 6) is -1.07. The lowest BCUT2D eigenvalue weighted by Gasteiger charge is -2.18. The van der Waals surface area contributed by atoms with Gasteiger partial charge in [0.25, 0.3) is 0 Å². The highest BCUT2D eigenvalue weighted by Crippen LogP contribution is 2.23. The van der Waals surface area contributed by atoms with E-state index in [0.717, 1.165) is 19.0 Å². The Kier molecular flexibility index (Phi) is 2.86. The van der Waals surface area contributed by atoms with E-state index in [1.54, 1.807) is 7.11 Å². The first-order chi connectivity index (χ1) is 7.19. The largest absolute Gasteiger partial charge is 0.380 e. The maximum Gasteiger partial charge on any atom is 0.128 e. The van der Waals surface area contributed by atoms with Gasteiger partial charge in [0.15, 0.2) is 0 Å². The van der Waals surface area contributed by atoms with Gasteiger partial charge in [-0.05, 0) is 18.6 Å². The van der Waals surface area contributed by atoms with E-state index in [4.69, 9.17) is 4.74 Å². The van der Waals surface area contributed by atoms with Gasteiger partial charge >= 0.3 is 0 Å². The van der Waals surface area contributed by atoms with Crippen molar-refractivity contribution in [2.75, 3.05) is 25.1 Å². The summed E-state index contributed by atoms with van der Waals surface area (Å²) in [6.45, 7) is 1.47. The zero-order valence-corrected chi connectivity index (χ0v) is 8.54. The van der Waals surface area contributed by atoms with Crippen molar-refractivity contribution in [3.63, 3.8) is 0 Å². The zero-order chi connectivity index (χ0) is 10.8. The second-order valence-corrected chi connectivity index (χ2v) is 3.72. The van der Waals surface area contributed by atoms with E-state index >= 15 is 0 Å². The highest BCUT2D eigenvalue weighted by molar-refractivity contribution is 5.48. The first kappa shape index (κ1) is 10.4. The summed E-state index contributed by atoms with van der Waals surface area (Å²) in [5.41, 5.74) is 0.590. The molecular weight excluding hydrogens is 200 g/mol. The van der Waals surface area contributed by atoms with Gasteiger partial charge in [-0.1, -0.05) is 0 Å². The molecule has 1 saturated heterocycles. The third-order valence-electron chi connectivity index (χ3n) is 2.69. The average Bonchev–Trinajstić information content (AvgIpc) is 2.64. The standard InChI is InChI=1S/C11H13F2NO/c1-15-11-2-3-14(7-11)10-5-8(12)4-9(13)6-10/h4-6,11H,2-3,7H2,1H3. The zero-order valence-electron chi connectivity index (χ0n) is 8.54. The van der Waals surface area contributed by atoms with Crippen LogP contribution >= 0.6 is 0 Å². The molecule has 2 nitrogen and oxygen atoms in total. The minimum Gasteiger partial charge on any atom is -0.380 e. The second-order valence-electron chi connectivity index (χ2n) is 3.72. The van der Waals surface area contributed by atoms with Gasteiger partial charge < -0.3 is 9.64 Å². The predicted molar refractivity (Wildman–Crippen MR) is 54.0 cm³/mol. The van der Waals surface area contributed by atoms with E-state index < -0.39 is 11.6 Å². The third-order valence-corrected chi connectivity index (χ3v) is 2.69. The summed E-state index contributed by atoms with van der Waals surface area (Å²) >= 11 is 0. The van der Waals surface area contributed by atoms with Gasteiger partial charge in [-0.15, -0.1) is 0 Å². The second kappa shape index (κ2) is 4.14. The van der Waals surface area contributed by atoms with Crippen molar-refractivity contribution >= 4 is 5.69 Å². The molecule has 1 aliphatic heterocycles. The average molecular weight is 213 g/mol. The maximum atomic E-state index is 13.0. The molecule has 0 saturated carbocycles. The number of halogens is 2. The number of anilines is 1. The van der Waals surface area contributed by atoms with Crippen LogP contribution in [-0.2, 0) is 4.74 Å². The first-order valence-corrected chi connectivity index (χ1v) is 4.93. The van der Waals surface area contributed by atoms with Crippen molar-refractivity contribution in [1.82, 2.24) is 0 Å². The van der Waals surface area contributed by atoms with Crippen molar-refractivity contribution < 1.29 is 13.5 Å². The van der Waals surface area contributed by atoms with Crippen LogP contribution in [0.2, 0.25) is 0 Å². The molecule has 1 unspecified atom stereocenters. The van der Waals surface area contributed by atoms with Crippen molar-refractivity contribution in [3.05, 3.63) is 29.8 Å². The number of hydrogen-bond donors (Lipinski definition) is 0. The molecule has 1 heterocycles. The lowest BCUT2D eigenvalue weighted by Crippen LogP contribution is -2.22. The van der Waals surface area contributed by atoms with E-state index in [1.165, 1.54) is 12.1 Å². The van der Waals surface area contributed by atoms with E-state index in [9.17, 15) is 8.78 Å². The minimum absolute atomic E-state index is 0.163. The molecular formula is C11H13F2NO. The minimum atomic E-state index is -0.536. The fourth-order valence-corrected chi connectivity index (χ4v) is 1.88. The fourth-order valence-electron chi connectivity index (χ4n) is 1.88. The molecule has 4 heteroatoms. The summed E-state index contributed by atoms with van der Waals surface area (Å²) in [6, 6.07) is 3.58. The van der Waals surface area contributed by atoms with Gasteiger partial charge in [0.2, 0.25) is 0 Å². The monoisotopic (exact) mass is 213 g/mol. The summed E-state index contributed by atoms with van der Waals surface area (Å²) in [7, 11) is 1.65. The van der Waals surface area contributed by atoms with Crippen LogP contribution in [0.3, 0.4) is 0 Å². The highest BCUT2D eigenvalue weighted by atomic mass is 19.1. The van der Waals surface area contributed by atoms with Crippen molar-refractivity contribution in [2.45, 2.75) is 12.5 Å². The van der Waals surface area contributed by atoms with Gasteiger partial charge in [0, 0.05) is 32.0 Å². The molecule has 15 heavy (non-hydrogen) atoms. The smallest absolute Gasteiger partial charge is 0.128 e. The molecule has 0 bridgehead atoms. The topological polar surface area (TPSA) is 12.5 Å². The molecule has 0 aliphatic carbocycles. The van der Waals surface area contributed by atoms with Gasteiger partial charge in [-0.2, -0.15) is 0 Å². The Morgan fingerprint density at radius 2 is 1.93 bits per heavy atom. The normalized spacial score (nSPS) is 21.0. The lowest BCUT2D eigenvalue weighted by atomic mass is 10.3. The summed E-state index contributed by atoms with van der Waals surface area (Å²) in [5, 5.41) is 0. The Morgan fingerprint density at radius 3 is 2.47 bits per heavy atom. The van der Waals surface area contributed by atoms with Crippen LogP contribution in [0.5, 0.6) is 0 Å². The van der Waals surface area contributed by atoms with Gasteiger partial charge in [0.1, 0.15) is 11.6 Å². The molecule has 2 rings (SSSR count). The van der Waals surface area contributed by atoms with E-state index in [2.05, 4.69) is 0 Å². The molecule has 0 amide bonds. The highest BCUT2D eigenvalue weighted by Gasteiger charge is 2.22. The van der Waals surface area contributed by atoms with Crippen LogP contribution in [0.25, 0.3) is 0 Å². The lowest BCUT2D eigenvalue weighted by molar-refractivity contribution is 0.121. The first-order valence-electron chi connectivity index (χ1n) is 4.93.